The van der Waals surface area contributed by atoms with Crippen molar-refractivity contribution in [2.75, 3.05) is 13.4 Å². The Hall–Kier alpha value is -2.19. The lowest BCUT2D eigenvalue weighted by molar-refractivity contribution is 0.0600. The fraction of sp³-hybridized carbons (Fsp3) is 0.200. The van der Waals surface area contributed by atoms with E-state index in [-0.39, 0.29) is 5.56 Å². The molecule has 0 fully saturated rings. The van der Waals surface area contributed by atoms with Crippen LogP contribution in [0.1, 0.15) is 16.1 Å². The molecule has 0 radical (unpaired) electrons. The van der Waals surface area contributed by atoms with E-state index in [0.717, 1.165) is 4.88 Å². The molecule has 8 heteroatoms. The highest BCUT2D eigenvalue weighted by Gasteiger charge is 2.24. The van der Waals surface area contributed by atoms with Gasteiger partial charge >= 0.3 is 5.97 Å². The number of carbonyl (C=O) groups excluding carboxylic acids is 1. The number of aromatic nitrogens is 3. The van der Waals surface area contributed by atoms with Gasteiger partial charge in [0, 0.05) is 10.4 Å². The molecule has 0 bridgehead atoms. The Morgan fingerprint density at radius 2 is 2.17 bits per heavy atom. The fourth-order valence-electron chi connectivity index (χ4n) is 2.38. The van der Waals surface area contributed by atoms with Gasteiger partial charge in [0.25, 0.3) is 5.56 Å². The van der Waals surface area contributed by atoms with Crippen molar-refractivity contribution in [3.05, 3.63) is 39.1 Å². The summed E-state index contributed by atoms with van der Waals surface area (Å²) in [6, 6.07) is 3.72. The number of fused-ring (bicyclic) bond motifs is 1. The first-order valence-electron chi connectivity index (χ1n) is 6.67. The van der Waals surface area contributed by atoms with Crippen LogP contribution in [0.4, 0.5) is 0 Å². The van der Waals surface area contributed by atoms with Crippen molar-refractivity contribution in [2.24, 2.45) is 0 Å². The number of hydrogen-bond donors (Lipinski definition) is 1. The predicted molar refractivity (Wildman–Crippen MR) is 91.3 cm³/mol. The number of esters is 1. The number of aryl methyl sites for hydroxylation is 1. The third kappa shape index (κ3) is 2.64. The van der Waals surface area contributed by atoms with Crippen LogP contribution in [0, 0.1) is 6.92 Å². The molecule has 3 heterocycles. The van der Waals surface area contributed by atoms with Crippen LogP contribution < -0.4 is 5.56 Å². The maximum atomic E-state index is 12.6. The Balaban J connectivity index is 2.51. The summed E-state index contributed by atoms with van der Waals surface area (Å²) >= 11 is 2.77. The van der Waals surface area contributed by atoms with Gasteiger partial charge in [0.15, 0.2) is 10.8 Å². The molecule has 0 aliphatic heterocycles. The lowest BCUT2D eigenvalue weighted by Gasteiger charge is -2.12. The predicted octanol–water partition coefficient (Wildman–Crippen LogP) is 2.86. The first-order chi connectivity index (χ1) is 11.1. The van der Waals surface area contributed by atoms with Gasteiger partial charge < -0.3 is 9.72 Å². The molecule has 0 spiro atoms. The number of rotatable bonds is 3. The van der Waals surface area contributed by atoms with Gasteiger partial charge in [-0.25, -0.2) is 14.8 Å². The molecule has 23 heavy (non-hydrogen) atoms. The number of nitrogens with one attached hydrogen (secondary N) is 1. The minimum absolute atomic E-state index is 0.298. The molecule has 3 rings (SSSR count). The summed E-state index contributed by atoms with van der Waals surface area (Å²) in [6.07, 6.45) is 1.82. The van der Waals surface area contributed by atoms with Gasteiger partial charge in [0.2, 0.25) is 0 Å². The normalized spacial score (nSPS) is 10.9. The third-order valence-electron chi connectivity index (χ3n) is 3.36. The second-order valence-corrected chi connectivity index (χ2v) is 6.43. The molecule has 118 valence electrons. The van der Waals surface area contributed by atoms with Crippen molar-refractivity contribution < 1.29 is 9.53 Å². The number of thioether (sulfide) groups is 1. The van der Waals surface area contributed by atoms with Crippen molar-refractivity contribution in [3.8, 4) is 10.4 Å². The van der Waals surface area contributed by atoms with Crippen molar-refractivity contribution in [2.45, 2.75) is 12.1 Å². The van der Waals surface area contributed by atoms with Gasteiger partial charge in [0.05, 0.1) is 23.8 Å². The zero-order valence-corrected chi connectivity index (χ0v) is 14.3. The Morgan fingerprint density at radius 1 is 1.39 bits per heavy atom. The second-order valence-electron chi connectivity index (χ2n) is 4.69. The fourth-order valence-corrected chi connectivity index (χ4v) is 3.54. The third-order valence-corrected chi connectivity index (χ3v) is 4.83. The Morgan fingerprint density at radius 3 is 2.78 bits per heavy atom. The summed E-state index contributed by atoms with van der Waals surface area (Å²) in [4.78, 5) is 37.0. The summed E-state index contributed by atoms with van der Waals surface area (Å²) in [5.74, 6) is -0.520. The summed E-state index contributed by atoms with van der Waals surface area (Å²) < 4.78 is 4.88. The van der Waals surface area contributed by atoms with Crippen molar-refractivity contribution >= 4 is 40.1 Å². The molecule has 0 saturated heterocycles. The van der Waals surface area contributed by atoms with Gasteiger partial charge in [-0.15, -0.1) is 11.3 Å². The van der Waals surface area contributed by atoms with Crippen LogP contribution in [0.5, 0.6) is 0 Å². The van der Waals surface area contributed by atoms with Crippen LogP contribution in [0.3, 0.4) is 0 Å². The lowest BCUT2D eigenvalue weighted by Crippen LogP contribution is -2.16. The van der Waals surface area contributed by atoms with E-state index in [2.05, 4.69) is 15.0 Å². The number of nitrogens with zero attached hydrogens (tertiary/aromatic N) is 2. The number of carbonyl (C=O) groups is 1. The lowest BCUT2D eigenvalue weighted by atomic mass is 10.0. The Labute approximate surface area is 139 Å². The van der Waals surface area contributed by atoms with Gasteiger partial charge in [-0.05, 0) is 24.6 Å². The van der Waals surface area contributed by atoms with Crippen molar-refractivity contribution in [1.29, 1.82) is 0 Å². The van der Waals surface area contributed by atoms with Gasteiger partial charge in [-0.2, -0.15) is 0 Å². The van der Waals surface area contributed by atoms with E-state index < -0.39 is 5.97 Å². The first-order valence-corrected chi connectivity index (χ1v) is 8.78. The summed E-state index contributed by atoms with van der Waals surface area (Å²) in [6.45, 7) is 1.71. The highest BCUT2D eigenvalue weighted by molar-refractivity contribution is 7.98. The molecular weight excluding hydrogens is 334 g/mol. The van der Waals surface area contributed by atoms with E-state index >= 15 is 0 Å². The molecule has 6 nitrogen and oxygen atoms in total. The number of H-pyrrole nitrogens is 1. The van der Waals surface area contributed by atoms with Crippen LogP contribution in [-0.2, 0) is 4.74 Å². The molecule has 0 aliphatic carbocycles. The van der Waals surface area contributed by atoms with Crippen LogP contribution >= 0.6 is 23.1 Å². The van der Waals surface area contributed by atoms with E-state index in [0.29, 0.717) is 33.0 Å². The highest BCUT2D eigenvalue weighted by atomic mass is 32.2. The van der Waals surface area contributed by atoms with E-state index in [1.165, 1.54) is 30.2 Å². The zero-order chi connectivity index (χ0) is 16.6. The Kier molecular flexibility index (Phi) is 4.18. The zero-order valence-electron chi connectivity index (χ0n) is 12.7. The molecule has 1 N–H and O–H groups in total. The largest absolute Gasteiger partial charge is 0.465 e. The average molecular weight is 347 g/mol. The molecule has 0 saturated carbocycles. The van der Waals surface area contributed by atoms with Gasteiger partial charge in [0.1, 0.15) is 0 Å². The second kappa shape index (κ2) is 6.13. The topological polar surface area (TPSA) is 84.9 Å². The molecule has 3 aromatic rings. The number of ether oxygens (including phenoxy) is 1. The van der Waals surface area contributed by atoms with Crippen LogP contribution in [0.15, 0.2) is 27.5 Å². The van der Waals surface area contributed by atoms with Crippen molar-refractivity contribution in [1.82, 2.24) is 15.0 Å². The quantitative estimate of drug-likeness (QED) is 0.445. The molecule has 0 atom stereocenters. The molecule has 0 amide bonds. The van der Waals surface area contributed by atoms with Crippen molar-refractivity contribution in [3.63, 3.8) is 0 Å². The van der Waals surface area contributed by atoms with E-state index in [4.69, 9.17) is 4.74 Å². The number of methoxy groups -OCH3 is 1. The van der Waals surface area contributed by atoms with E-state index in [1.54, 1.807) is 6.92 Å². The summed E-state index contributed by atoms with van der Waals surface area (Å²) in [5.41, 5.74) is 1.31. The number of hydrogen-bond acceptors (Lipinski definition) is 7. The average Bonchev–Trinajstić information content (AvgIpc) is 3.06. The van der Waals surface area contributed by atoms with Gasteiger partial charge in [-0.1, -0.05) is 17.8 Å². The van der Waals surface area contributed by atoms with Crippen LogP contribution in [0.2, 0.25) is 0 Å². The summed E-state index contributed by atoms with van der Waals surface area (Å²) in [5, 5.41) is 2.67. The molecule has 0 unspecified atom stereocenters. The Bertz CT molecular complexity index is 949. The number of aromatic amines is 1. The maximum absolute atomic E-state index is 12.6. The SMILES string of the molecule is COC(=O)c1c(C)nc2nc(SC)[nH]c(=O)c2c1-c1cccs1. The molecular formula is C15H13N3O3S2. The van der Waals surface area contributed by atoms with Crippen LogP contribution in [-0.4, -0.2) is 34.3 Å². The minimum atomic E-state index is -0.520. The monoisotopic (exact) mass is 347 g/mol. The smallest absolute Gasteiger partial charge is 0.340 e. The minimum Gasteiger partial charge on any atom is -0.465 e. The highest BCUT2D eigenvalue weighted by Crippen LogP contribution is 2.34. The maximum Gasteiger partial charge on any atom is 0.340 e. The van der Waals surface area contributed by atoms with Crippen LogP contribution in [0.25, 0.3) is 21.5 Å². The van der Waals surface area contributed by atoms with Gasteiger partial charge in [-0.3, -0.25) is 4.79 Å². The standard InChI is InChI=1S/C15H13N3O3S2/c1-7-9(14(20)21-2)10(8-5-4-6-23-8)11-12(16-7)17-15(22-3)18-13(11)19/h4-6H,1-3H3,(H,16,17,18,19). The molecule has 0 aliphatic rings. The first kappa shape index (κ1) is 15.7. The van der Waals surface area contributed by atoms with E-state index in [9.17, 15) is 9.59 Å². The number of thiophene rings is 1. The number of pyridine rings is 1. The molecule has 3 aromatic heterocycles. The molecule has 0 aromatic carbocycles. The van der Waals surface area contributed by atoms with E-state index in [1.807, 2.05) is 23.8 Å². The summed E-state index contributed by atoms with van der Waals surface area (Å²) in [7, 11) is 1.31.